The molecule has 2 amide bonds. The van der Waals surface area contributed by atoms with Gasteiger partial charge in [-0.2, -0.15) is 0 Å². The predicted molar refractivity (Wildman–Crippen MR) is 132 cm³/mol. The summed E-state index contributed by atoms with van der Waals surface area (Å²) in [5.74, 6) is 0.711. The van der Waals surface area contributed by atoms with E-state index in [1.165, 1.54) is 0 Å². The first kappa shape index (κ1) is 25.8. The molecule has 2 aliphatic rings. The maximum absolute atomic E-state index is 12.9. The summed E-state index contributed by atoms with van der Waals surface area (Å²) in [7, 11) is 0. The molecule has 9 heteroatoms. The van der Waals surface area contributed by atoms with E-state index in [0.717, 1.165) is 48.6 Å². The third-order valence-corrected chi connectivity index (χ3v) is 6.02. The van der Waals surface area contributed by atoms with Gasteiger partial charge in [-0.15, -0.1) is 0 Å². The molecule has 2 unspecified atom stereocenters. The van der Waals surface area contributed by atoms with E-state index in [4.69, 9.17) is 9.47 Å². The summed E-state index contributed by atoms with van der Waals surface area (Å²) < 4.78 is 10.7. The average molecular weight is 474 g/mol. The molecule has 1 aromatic rings. The van der Waals surface area contributed by atoms with Crippen LogP contribution in [0.15, 0.2) is 18.5 Å². The van der Waals surface area contributed by atoms with Crippen molar-refractivity contribution in [2.45, 2.75) is 78.1 Å². The van der Waals surface area contributed by atoms with Crippen molar-refractivity contribution in [3.63, 3.8) is 0 Å². The number of nitrogens with zero attached hydrogens (tertiary/aromatic N) is 1. The zero-order chi connectivity index (χ0) is 24.9. The number of aromatic nitrogens is 1. The Kier molecular flexibility index (Phi) is 8.41. The van der Waals surface area contributed by atoms with Crippen molar-refractivity contribution in [2.75, 3.05) is 25.1 Å². The van der Waals surface area contributed by atoms with Crippen LogP contribution in [0.1, 0.15) is 58.6 Å². The van der Waals surface area contributed by atoms with Crippen LogP contribution in [-0.4, -0.2) is 60.5 Å². The van der Waals surface area contributed by atoms with Gasteiger partial charge in [-0.05, 0) is 70.2 Å². The Morgan fingerprint density at radius 3 is 2.68 bits per heavy atom. The van der Waals surface area contributed by atoms with Crippen molar-refractivity contribution in [1.29, 1.82) is 0 Å². The number of aryl methyl sites for hydroxylation is 1. The van der Waals surface area contributed by atoms with Crippen LogP contribution in [-0.2, 0) is 14.3 Å². The van der Waals surface area contributed by atoms with Crippen LogP contribution in [0.3, 0.4) is 0 Å². The largest absolute Gasteiger partial charge is 0.444 e. The van der Waals surface area contributed by atoms with E-state index < -0.39 is 17.7 Å². The van der Waals surface area contributed by atoms with E-state index in [-0.39, 0.29) is 24.4 Å². The number of hydrogen-bond acceptors (Lipinski definition) is 7. The minimum absolute atomic E-state index is 0.0250. The molecular weight excluding hydrogens is 434 g/mol. The fourth-order valence-corrected chi connectivity index (χ4v) is 4.16. The van der Waals surface area contributed by atoms with Gasteiger partial charge < -0.3 is 30.7 Å². The third-order valence-electron chi connectivity index (χ3n) is 6.02. The number of rotatable bonds is 7. The van der Waals surface area contributed by atoms with Gasteiger partial charge in [0.1, 0.15) is 17.5 Å². The van der Waals surface area contributed by atoms with Gasteiger partial charge in [-0.3, -0.25) is 4.79 Å². The molecule has 0 radical (unpaired) electrons. The standard InChI is InChI=1S/C25H39N5O4/c1-15-12-26-21(30-18-7-9-33-10-8-18)11-19(15)20-14-27-22(17(20)3)23(31)29-16(2)13-28-24(32)34-25(4,5)6/h11-12,14,16-18,22,27H,7-10,13H2,1-6H3,(H,26,30)(H,28,32)(H,29,31)/t16-,17?,22?/m0/s1. The normalized spacial score (nSPS) is 21.8. The van der Waals surface area contributed by atoms with Crippen molar-refractivity contribution in [2.24, 2.45) is 5.92 Å². The molecule has 1 fully saturated rings. The van der Waals surface area contributed by atoms with E-state index in [2.05, 4.69) is 32.3 Å². The number of anilines is 1. The number of nitrogens with one attached hydrogen (secondary N) is 4. The zero-order valence-electron chi connectivity index (χ0n) is 21.2. The van der Waals surface area contributed by atoms with Crippen LogP contribution >= 0.6 is 0 Å². The second-order valence-corrected chi connectivity index (χ2v) is 10.2. The lowest BCUT2D eigenvalue weighted by Gasteiger charge is -2.25. The van der Waals surface area contributed by atoms with E-state index in [9.17, 15) is 9.59 Å². The molecule has 0 aromatic carbocycles. The highest BCUT2D eigenvalue weighted by Gasteiger charge is 2.33. The zero-order valence-corrected chi connectivity index (χ0v) is 21.2. The second kappa shape index (κ2) is 11.1. The number of pyridine rings is 1. The topological polar surface area (TPSA) is 114 Å². The summed E-state index contributed by atoms with van der Waals surface area (Å²) in [6.45, 7) is 13.2. The Balaban J connectivity index is 1.56. The van der Waals surface area contributed by atoms with Crippen molar-refractivity contribution < 1.29 is 19.1 Å². The van der Waals surface area contributed by atoms with Gasteiger partial charge in [0, 0.05) is 50.2 Å². The monoisotopic (exact) mass is 473 g/mol. The molecule has 34 heavy (non-hydrogen) atoms. The molecule has 188 valence electrons. The smallest absolute Gasteiger partial charge is 0.407 e. The highest BCUT2D eigenvalue weighted by Crippen LogP contribution is 2.33. The first-order valence-corrected chi connectivity index (χ1v) is 12.1. The van der Waals surface area contributed by atoms with Gasteiger partial charge >= 0.3 is 6.09 Å². The Morgan fingerprint density at radius 1 is 1.29 bits per heavy atom. The third kappa shape index (κ3) is 7.09. The van der Waals surface area contributed by atoms with Crippen LogP contribution in [0.5, 0.6) is 0 Å². The van der Waals surface area contributed by atoms with Gasteiger partial charge in [0.15, 0.2) is 0 Å². The quantitative estimate of drug-likeness (QED) is 0.481. The minimum Gasteiger partial charge on any atom is -0.444 e. The SMILES string of the molecule is Cc1cnc(NC2CCOCC2)cc1C1=CNC(C(=O)N[C@@H](C)CNC(=O)OC(C)(C)C)C1C. The molecule has 2 aliphatic heterocycles. The van der Waals surface area contributed by atoms with Gasteiger partial charge in [-0.25, -0.2) is 9.78 Å². The highest BCUT2D eigenvalue weighted by molar-refractivity contribution is 5.88. The van der Waals surface area contributed by atoms with Crippen molar-refractivity contribution in [1.82, 2.24) is 20.9 Å². The molecule has 0 bridgehead atoms. The lowest BCUT2D eigenvalue weighted by atomic mass is 9.89. The summed E-state index contributed by atoms with van der Waals surface area (Å²) in [6, 6.07) is 1.80. The minimum atomic E-state index is -0.562. The fraction of sp³-hybridized carbons (Fsp3) is 0.640. The summed E-state index contributed by atoms with van der Waals surface area (Å²) in [5, 5.41) is 12.4. The molecule has 4 N–H and O–H groups in total. The van der Waals surface area contributed by atoms with Gasteiger partial charge in [0.2, 0.25) is 5.91 Å². The Labute approximate surface area is 202 Å². The second-order valence-electron chi connectivity index (χ2n) is 10.2. The summed E-state index contributed by atoms with van der Waals surface area (Å²) in [5.41, 5.74) is 2.66. The van der Waals surface area contributed by atoms with Crippen molar-refractivity contribution >= 4 is 23.4 Å². The summed E-state index contributed by atoms with van der Waals surface area (Å²) in [6.07, 6.45) is 5.24. The molecule has 3 heterocycles. The Bertz CT molecular complexity index is 905. The first-order chi connectivity index (χ1) is 16.0. The van der Waals surface area contributed by atoms with Crippen molar-refractivity contribution in [3.05, 3.63) is 29.6 Å². The first-order valence-electron chi connectivity index (χ1n) is 12.1. The van der Waals surface area contributed by atoms with Crippen LogP contribution in [0.4, 0.5) is 10.6 Å². The highest BCUT2D eigenvalue weighted by atomic mass is 16.6. The number of carbonyl (C=O) groups excluding carboxylic acids is 2. The van der Waals surface area contributed by atoms with Crippen LogP contribution < -0.4 is 21.3 Å². The Morgan fingerprint density at radius 2 is 2.00 bits per heavy atom. The lowest BCUT2D eigenvalue weighted by Crippen LogP contribution is -2.50. The fourth-order valence-electron chi connectivity index (χ4n) is 4.16. The number of amides is 2. The van der Waals surface area contributed by atoms with Gasteiger partial charge in [-0.1, -0.05) is 6.92 Å². The maximum atomic E-state index is 12.9. The van der Waals surface area contributed by atoms with Crippen LogP contribution in [0, 0.1) is 12.8 Å². The van der Waals surface area contributed by atoms with Crippen molar-refractivity contribution in [3.8, 4) is 0 Å². The number of alkyl carbamates (subject to hydrolysis) is 1. The summed E-state index contributed by atoms with van der Waals surface area (Å²) in [4.78, 5) is 29.4. The maximum Gasteiger partial charge on any atom is 0.407 e. The van der Waals surface area contributed by atoms with E-state index in [0.29, 0.717) is 6.04 Å². The van der Waals surface area contributed by atoms with E-state index >= 15 is 0 Å². The molecule has 0 aliphatic carbocycles. The molecule has 0 saturated carbocycles. The number of hydrogen-bond donors (Lipinski definition) is 4. The average Bonchev–Trinajstić information content (AvgIpc) is 3.14. The molecule has 0 spiro atoms. The molecule has 9 nitrogen and oxygen atoms in total. The number of ether oxygens (including phenoxy) is 2. The lowest BCUT2D eigenvalue weighted by molar-refractivity contribution is -0.123. The molecule has 1 saturated heterocycles. The van der Waals surface area contributed by atoms with Crippen LogP contribution in [0.25, 0.3) is 5.57 Å². The van der Waals surface area contributed by atoms with Crippen LogP contribution in [0.2, 0.25) is 0 Å². The van der Waals surface area contributed by atoms with Gasteiger partial charge in [0.25, 0.3) is 0 Å². The van der Waals surface area contributed by atoms with E-state index in [1.807, 2.05) is 53.9 Å². The van der Waals surface area contributed by atoms with E-state index in [1.54, 1.807) is 0 Å². The Hall–Kier alpha value is -2.81. The van der Waals surface area contributed by atoms with Gasteiger partial charge in [0.05, 0.1) is 0 Å². The predicted octanol–water partition coefficient (Wildman–Crippen LogP) is 2.96. The molecule has 1 aromatic heterocycles. The summed E-state index contributed by atoms with van der Waals surface area (Å²) >= 11 is 0. The number of carbonyl (C=O) groups is 2. The molecule has 3 atom stereocenters. The molecular formula is C25H39N5O4. The molecule has 3 rings (SSSR count).